The highest BCUT2D eigenvalue weighted by molar-refractivity contribution is 7.90. The van der Waals surface area contributed by atoms with E-state index in [0.29, 0.717) is 22.5 Å². The fourth-order valence-electron chi connectivity index (χ4n) is 3.16. The minimum absolute atomic E-state index is 0.0179. The van der Waals surface area contributed by atoms with Gasteiger partial charge in [-0.25, -0.2) is 8.42 Å². The maximum atomic E-state index is 12.7. The molecule has 166 valence electrons. The van der Waals surface area contributed by atoms with Crippen LogP contribution in [0.1, 0.15) is 51.9 Å². The molecule has 0 bridgehead atoms. The van der Waals surface area contributed by atoms with Crippen molar-refractivity contribution in [3.05, 3.63) is 48.0 Å². The molecule has 1 saturated heterocycles. The van der Waals surface area contributed by atoms with Gasteiger partial charge in [0, 0.05) is 17.7 Å². The number of benzene rings is 2. The third-order valence-electron chi connectivity index (χ3n) is 5.75. The summed E-state index contributed by atoms with van der Waals surface area (Å²) in [6, 6.07) is 11.4. The van der Waals surface area contributed by atoms with Crippen molar-refractivity contribution in [2.75, 3.05) is 6.26 Å². The largest absolute Gasteiger partial charge is 0.494 e. The third kappa shape index (κ3) is 5.02. The van der Waals surface area contributed by atoms with Crippen molar-refractivity contribution < 1.29 is 27.3 Å². The lowest BCUT2D eigenvalue weighted by atomic mass is 9.77. The van der Waals surface area contributed by atoms with Crippen LogP contribution in [-0.2, 0) is 19.1 Å². The van der Waals surface area contributed by atoms with Crippen molar-refractivity contribution in [1.82, 2.24) is 0 Å². The summed E-state index contributed by atoms with van der Waals surface area (Å²) in [6.45, 7) is 11.6. The van der Waals surface area contributed by atoms with Crippen molar-refractivity contribution in [1.29, 1.82) is 0 Å². The second-order valence-electron chi connectivity index (χ2n) is 9.24. The first-order chi connectivity index (χ1) is 14.2. The van der Waals surface area contributed by atoms with Gasteiger partial charge < -0.3 is 14.0 Å². The molecule has 0 radical (unpaired) electrons. The molecule has 0 aliphatic carbocycles. The van der Waals surface area contributed by atoms with Crippen LogP contribution in [0.5, 0.6) is 11.5 Å². The Morgan fingerprint density at radius 1 is 0.935 bits per heavy atom. The summed E-state index contributed by atoms with van der Waals surface area (Å²) in [5.74, 6) is 0.704. The first-order valence-electron chi connectivity index (χ1n) is 10.2. The van der Waals surface area contributed by atoms with Crippen LogP contribution in [0, 0.1) is 5.92 Å². The Morgan fingerprint density at radius 2 is 1.48 bits per heavy atom. The first kappa shape index (κ1) is 23.5. The van der Waals surface area contributed by atoms with Gasteiger partial charge in [-0.3, -0.25) is 4.79 Å². The summed E-state index contributed by atoms with van der Waals surface area (Å²) in [5, 5.41) is 0. The number of sulfone groups is 1. The molecule has 0 aromatic heterocycles. The minimum atomic E-state index is -3.29. The molecule has 3 rings (SSSR count). The smallest absolute Gasteiger partial charge is 0.457 e. The Kier molecular flexibility index (Phi) is 6.12. The molecular formula is C23H29BO6S. The van der Waals surface area contributed by atoms with Gasteiger partial charge in [0.2, 0.25) is 0 Å². The van der Waals surface area contributed by atoms with Crippen molar-refractivity contribution in [2.45, 2.75) is 57.6 Å². The summed E-state index contributed by atoms with van der Waals surface area (Å²) >= 11 is 0. The van der Waals surface area contributed by atoms with Crippen LogP contribution < -0.4 is 10.2 Å². The Bertz CT molecular complexity index is 1070. The van der Waals surface area contributed by atoms with Gasteiger partial charge in [-0.2, -0.15) is 0 Å². The molecule has 2 aromatic carbocycles. The lowest BCUT2D eigenvalue weighted by Gasteiger charge is -2.32. The Hall–Kier alpha value is -2.16. The van der Waals surface area contributed by atoms with E-state index >= 15 is 0 Å². The quantitative estimate of drug-likeness (QED) is 0.495. The molecule has 8 heteroatoms. The van der Waals surface area contributed by atoms with Crippen molar-refractivity contribution >= 4 is 28.2 Å². The molecule has 0 N–H and O–H groups in total. The van der Waals surface area contributed by atoms with Crippen molar-refractivity contribution in [2.24, 2.45) is 5.92 Å². The molecule has 31 heavy (non-hydrogen) atoms. The lowest BCUT2D eigenvalue weighted by Crippen LogP contribution is -2.41. The van der Waals surface area contributed by atoms with Gasteiger partial charge in [-0.1, -0.05) is 19.9 Å². The summed E-state index contributed by atoms with van der Waals surface area (Å²) in [4.78, 5) is 12.9. The molecule has 1 heterocycles. The highest BCUT2D eigenvalue weighted by atomic mass is 32.2. The number of hydrogen-bond donors (Lipinski definition) is 0. The molecule has 0 amide bonds. The van der Waals surface area contributed by atoms with Gasteiger partial charge in [-0.15, -0.1) is 0 Å². The zero-order valence-corrected chi connectivity index (χ0v) is 19.9. The molecule has 2 aromatic rings. The number of Topliss-reactive ketones (excluding diaryl/α,β-unsaturated/α-hetero) is 1. The summed E-state index contributed by atoms with van der Waals surface area (Å²) < 4.78 is 41.6. The fourth-order valence-corrected chi connectivity index (χ4v) is 3.79. The van der Waals surface area contributed by atoms with Gasteiger partial charge in [0.1, 0.15) is 11.5 Å². The topological polar surface area (TPSA) is 78.9 Å². The van der Waals surface area contributed by atoms with Gasteiger partial charge in [0.05, 0.1) is 16.1 Å². The maximum Gasteiger partial charge on any atom is 0.494 e. The Balaban J connectivity index is 1.97. The molecule has 0 spiro atoms. The van der Waals surface area contributed by atoms with Gasteiger partial charge in [-0.05, 0) is 69.6 Å². The standard InChI is InChI=1S/C23H29BO6S/c1-15(2)21(25)16-12-17(24-29-22(3,4)23(5,6)30-24)14-19(13-16)28-18-8-10-20(11-9-18)31(7,26)27/h8-15H,1-7H3. The van der Waals surface area contributed by atoms with E-state index in [-0.39, 0.29) is 16.6 Å². The predicted octanol–water partition coefficient (Wildman–Crippen LogP) is 4.02. The predicted molar refractivity (Wildman–Crippen MR) is 121 cm³/mol. The van der Waals surface area contributed by atoms with E-state index in [9.17, 15) is 13.2 Å². The van der Waals surface area contributed by atoms with Crippen LogP contribution in [0.3, 0.4) is 0 Å². The first-order valence-corrected chi connectivity index (χ1v) is 12.1. The van der Waals surface area contributed by atoms with Crippen molar-refractivity contribution in [3.8, 4) is 11.5 Å². The number of carbonyl (C=O) groups is 1. The maximum absolute atomic E-state index is 12.7. The molecule has 6 nitrogen and oxygen atoms in total. The molecule has 1 aliphatic heterocycles. The lowest BCUT2D eigenvalue weighted by molar-refractivity contribution is 0.00578. The number of rotatable bonds is 6. The summed E-state index contributed by atoms with van der Waals surface area (Å²) in [5.41, 5.74) is 0.161. The second-order valence-corrected chi connectivity index (χ2v) is 11.3. The number of ether oxygens (including phenoxy) is 1. The van der Waals surface area contributed by atoms with Crippen LogP contribution in [-0.4, -0.2) is 38.8 Å². The average Bonchev–Trinajstić information content (AvgIpc) is 2.88. The molecule has 0 saturated carbocycles. The molecule has 1 aliphatic rings. The third-order valence-corrected chi connectivity index (χ3v) is 6.88. The van der Waals surface area contributed by atoms with Gasteiger partial charge in [0.15, 0.2) is 15.6 Å². The molecule has 1 fully saturated rings. The van der Waals surface area contributed by atoms with Crippen LogP contribution in [0.4, 0.5) is 0 Å². The van der Waals surface area contributed by atoms with E-state index in [4.69, 9.17) is 14.0 Å². The Labute approximate surface area is 185 Å². The highest BCUT2D eigenvalue weighted by Crippen LogP contribution is 2.37. The minimum Gasteiger partial charge on any atom is -0.457 e. The SMILES string of the molecule is CC(C)C(=O)c1cc(Oc2ccc(S(C)(=O)=O)cc2)cc(B2OC(C)(C)C(C)(C)O2)c1. The normalized spacial score (nSPS) is 17.7. The highest BCUT2D eigenvalue weighted by Gasteiger charge is 2.51. The van der Waals surface area contributed by atoms with Gasteiger partial charge >= 0.3 is 7.12 Å². The second kappa shape index (κ2) is 8.08. The van der Waals surface area contributed by atoms with E-state index in [1.54, 1.807) is 30.3 Å². The van der Waals surface area contributed by atoms with Crippen LogP contribution >= 0.6 is 0 Å². The zero-order chi connectivity index (χ0) is 23.2. The van der Waals surface area contributed by atoms with E-state index in [1.165, 1.54) is 12.1 Å². The molecule has 0 atom stereocenters. The van der Waals surface area contributed by atoms with E-state index in [2.05, 4.69) is 0 Å². The van der Waals surface area contributed by atoms with Crippen LogP contribution in [0.2, 0.25) is 0 Å². The molecular weight excluding hydrogens is 415 g/mol. The van der Waals surface area contributed by atoms with Crippen molar-refractivity contribution in [3.63, 3.8) is 0 Å². The zero-order valence-electron chi connectivity index (χ0n) is 19.1. The monoisotopic (exact) mass is 444 g/mol. The fraction of sp³-hybridized carbons (Fsp3) is 0.435. The van der Waals surface area contributed by atoms with Crippen LogP contribution in [0.25, 0.3) is 0 Å². The van der Waals surface area contributed by atoms with E-state index in [1.807, 2.05) is 41.5 Å². The van der Waals surface area contributed by atoms with E-state index < -0.39 is 28.2 Å². The Morgan fingerprint density at radius 3 is 1.97 bits per heavy atom. The number of ketones is 1. The summed E-state index contributed by atoms with van der Waals surface area (Å²) in [6.07, 6.45) is 1.15. The number of carbonyl (C=O) groups excluding carboxylic acids is 1. The summed E-state index contributed by atoms with van der Waals surface area (Å²) in [7, 11) is -3.93. The number of hydrogen-bond acceptors (Lipinski definition) is 6. The molecule has 0 unspecified atom stereocenters. The average molecular weight is 444 g/mol. The van der Waals surface area contributed by atoms with Crippen LogP contribution in [0.15, 0.2) is 47.4 Å². The van der Waals surface area contributed by atoms with E-state index in [0.717, 1.165) is 6.26 Å². The van der Waals surface area contributed by atoms with Gasteiger partial charge in [0.25, 0.3) is 0 Å².